The zero-order chi connectivity index (χ0) is 21.3. The van der Waals surface area contributed by atoms with Crippen LogP contribution in [0.15, 0.2) is 42.5 Å². The highest BCUT2D eigenvalue weighted by Crippen LogP contribution is 2.31. The second kappa shape index (κ2) is 8.07. The lowest BCUT2D eigenvalue weighted by molar-refractivity contribution is -0.120. The first-order valence-electron chi connectivity index (χ1n) is 9.06. The van der Waals surface area contributed by atoms with Gasteiger partial charge in [0, 0.05) is 24.5 Å². The Labute approximate surface area is 174 Å². The lowest BCUT2D eigenvalue weighted by atomic mass is 10.1. The van der Waals surface area contributed by atoms with Crippen molar-refractivity contribution in [1.82, 2.24) is 10.3 Å². The van der Waals surface area contributed by atoms with Gasteiger partial charge in [-0.15, -0.1) is 0 Å². The van der Waals surface area contributed by atoms with Gasteiger partial charge in [-0.05, 0) is 36.4 Å². The van der Waals surface area contributed by atoms with Crippen LogP contribution in [0.25, 0.3) is 0 Å². The van der Waals surface area contributed by atoms with Crippen LogP contribution < -0.4 is 21.3 Å². The summed E-state index contributed by atoms with van der Waals surface area (Å²) in [7, 11) is 0. The second-order valence-corrected chi connectivity index (χ2v) is 7.60. The Morgan fingerprint density at radius 1 is 1.17 bits per heavy atom. The number of anilines is 4. The maximum Gasteiger partial charge on any atom is 0.239 e. The average Bonchev–Trinajstić information content (AvgIpc) is 3.08. The molecule has 1 saturated heterocycles. The van der Waals surface area contributed by atoms with Crippen molar-refractivity contribution in [2.45, 2.75) is 0 Å². The molecule has 0 saturated carbocycles. The molecule has 1 fully saturated rings. The van der Waals surface area contributed by atoms with Gasteiger partial charge in [0.05, 0.1) is 12.1 Å². The smallest absolute Gasteiger partial charge is 0.239 e. The summed E-state index contributed by atoms with van der Waals surface area (Å²) in [5.74, 6) is -2.89. The molecule has 2 heterocycles. The van der Waals surface area contributed by atoms with E-state index in [1.54, 1.807) is 12.1 Å². The molecule has 4 rings (SSSR count). The molecule has 0 unspecified atom stereocenters. The van der Waals surface area contributed by atoms with Gasteiger partial charge in [0.2, 0.25) is 11.7 Å². The molecule has 3 aromatic rings. The van der Waals surface area contributed by atoms with Crippen LogP contribution in [-0.2, 0) is 4.79 Å². The molecule has 0 bridgehead atoms. The van der Waals surface area contributed by atoms with Crippen LogP contribution >= 0.6 is 11.3 Å². The predicted octanol–water partition coefficient (Wildman–Crippen LogP) is 2.91. The number of benzene rings is 2. The number of nitrogen functional groups attached to an aromatic ring is 1. The third-order valence-corrected chi connectivity index (χ3v) is 5.56. The van der Waals surface area contributed by atoms with Gasteiger partial charge in [-0.2, -0.15) is 0 Å². The molecule has 1 aromatic heterocycles. The van der Waals surface area contributed by atoms with Gasteiger partial charge in [0.1, 0.15) is 22.3 Å². The van der Waals surface area contributed by atoms with Crippen molar-refractivity contribution in [3.8, 4) is 0 Å². The summed E-state index contributed by atoms with van der Waals surface area (Å²) in [5.41, 5.74) is 6.75. The van der Waals surface area contributed by atoms with E-state index in [-0.39, 0.29) is 16.6 Å². The van der Waals surface area contributed by atoms with Crippen LogP contribution in [0.1, 0.15) is 15.2 Å². The molecule has 154 valence electrons. The Kier molecular flexibility index (Phi) is 5.32. The average molecular weight is 429 g/mol. The molecule has 0 spiro atoms. The number of aromatic nitrogens is 1. The number of piperazine rings is 1. The van der Waals surface area contributed by atoms with Crippen molar-refractivity contribution in [1.29, 1.82) is 0 Å². The number of nitrogens with one attached hydrogen (secondary N) is 2. The summed E-state index contributed by atoms with van der Waals surface area (Å²) in [6.45, 7) is 1.62. The summed E-state index contributed by atoms with van der Waals surface area (Å²) in [6, 6.07) is 10.5. The zero-order valence-electron chi connectivity index (χ0n) is 15.6. The van der Waals surface area contributed by atoms with E-state index in [0.29, 0.717) is 23.9 Å². The predicted molar refractivity (Wildman–Crippen MR) is 111 cm³/mol. The van der Waals surface area contributed by atoms with E-state index in [9.17, 15) is 18.4 Å². The molecule has 0 radical (unpaired) electrons. The second-order valence-electron chi connectivity index (χ2n) is 6.60. The van der Waals surface area contributed by atoms with Gasteiger partial charge in [-0.3, -0.25) is 9.59 Å². The monoisotopic (exact) mass is 429 g/mol. The number of hydrogen-bond donors (Lipinski definition) is 3. The minimum atomic E-state index is -0.954. The lowest BCUT2D eigenvalue weighted by Crippen LogP contribution is -2.47. The Balaban J connectivity index is 1.51. The van der Waals surface area contributed by atoms with E-state index in [1.807, 2.05) is 17.0 Å². The van der Waals surface area contributed by atoms with E-state index in [4.69, 9.17) is 5.73 Å². The van der Waals surface area contributed by atoms with E-state index in [0.717, 1.165) is 35.7 Å². The van der Waals surface area contributed by atoms with Crippen molar-refractivity contribution >= 4 is 45.4 Å². The molecule has 4 N–H and O–H groups in total. The molecule has 10 heteroatoms. The first-order valence-corrected chi connectivity index (χ1v) is 9.88. The van der Waals surface area contributed by atoms with Crippen molar-refractivity contribution in [2.75, 3.05) is 35.6 Å². The van der Waals surface area contributed by atoms with E-state index in [2.05, 4.69) is 15.6 Å². The summed E-state index contributed by atoms with van der Waals surface area (Å²) in [6.07, 6.45) is 0. The number of nitrogens with zero attached hydrogens (tertiary/aromatic N) is 2. The van der Waals surface area contributed by atoms with Crippen LogP contribution in [0, 0.1) is 11.6 Å². The van der Waals surface area contributed by atoms with Crippen molar-refractivity contribution < 1.29 is 18.4 Å². The summed E-state index contributed by atoms with van der Waals surface area (Å²) < 4.78 is 27.9. The topological polar surface area (TPSA) is 100 Å². The van der Waals surface area contributed by atoms with Gasteiger partial charge >= 0.3 is 0 Å². The van der Waals surface area contributed by atoms with Crippen LogP contribution in [0.4, 0.5) is 31.1 Å². The summed E-state index contributed by atoms with van der Waals surface area (Å²) in [5, 5.41) is 6.12. The third kappa shape index (κ3) is 3.94. The highest BCUT2D eigenvalue weighted by Gasteiger charge is 2.24. The molecule has 0 atom stereocenters. The highest BCUT2D eigenvalue weighted by atomic mass is 32.1. The largest absolute Gasteiger partial charge is 0.382 e. The van der Waals surface area contributed by atoms with Gasteiger partial charge < -0.3 is 21.3 Å². The van der Waals surface area contributed by atoms with E-state index in [1.165, 1.54) is 6.07 Å². The Bertz CT molecular complexity index is 1100. The van der Waals surface area contributed by atoms with E-state index < -0.39 is 23.0 Å². The number of ketones is 1. The Morgan fingerprint density at radius 2 is 1.87 bits per heavy atom. The molecular formula is C20H17F2N5O2S. The van der Waals surface area contributed by atoms with Crippen molar-refractivity contribution in [2.24, 2.45) is 0 Å². The summed E-state index contributed by atoms with van der Waals surface area (Å²) >= 11 is 0.914. The highest BCUT2D eigenvalue weighted by molar-refractivity contribution is 7.18. The minimum absolute atomic E-state index is 0.0230. The molecule has 30 heavy (non-hydrogen) atoms. The SMILES string of the molecule is Nc1nc(Nc2ccc(N3CCNC(=O)C3)cc2)sc1C(=O)c1c(F)cccc1F. The first-order chi connectivity index (χ1) is 14.4. The van der Waals surface area contributed by atoms with Crippen LogP contribution in [0.2, 0.25) is 0 Å². The number of nitrogens with two attached hydrogens (primary N) is 1. The number of carbonyl (C=O) groups is 2. The minimum Gasteiger partial charge on any atom is -0.382 e. The summed E-state index contributed by atoms with van der Waals surface area (Å²) in [4.78, 5) is 30.1. The number of thiazole rings is 1. The lowest BCUT2D eigenvalue weighted by Gasteiger charge is -2.28. The van der Waals surface area contributed by atoms with Crippen molar-refractivity contribution in [3.63, 3.8) is 0 Å². The van der Waals surface area contributed by atoms with Gasteiger partial charge in [-0.1, -0.05) is 17.4 Å². The fourth-order valence-corrected chi connectivity index (χ4v) is 3.97. The normalized spacial score (nSPS) is 13.8. The van der Waals surface area contributed by atoms with Crippen LogP contribution in [-0.4, -0.2) is 36.3 Å². The molecule has 2 aromatic carbocycles. The Morgan fingerprint density at radius 3 is 2.53 bits per heavy atom. The van der Waals surface area contributed by atoms with Gasteiger partial charge in [0.25, 0.3) is 0 Å². The molecule has 1 amide bonds. The number of amides is 1. The van der Waals surface area contributed by atoms with Crippen LogP contribution in [0.3, 0.4) is 0 Å². The number of hydrogen-bond acceptors (Lipinski definition) is 7. The van der Waals surface area contributed by atoms with Crippen LogP contribution in [0.5, 0.6) is 0 Å². The quantitative estimate of drug-likeness (QED) is 0.540. The fraction of sp³-hybridized carbons (Fsp3) is 0.150. The zero-order valence-corrected chi connectivity index (χ0v) is 16.4. The van der Waals surface area contributed by atoms with Crippen molar-refractivity contribution in [3.05, 3.63) is 64.5 Å². The molecular weight excluding hydrogens is 412 g/mol. The standard InChI is InChI=1S/C20H17F2N5O2S/c21-13-2-1-3-14(22)16(13)17(29)18-19(23)26-20(30-18)25-11-4-6-12(7-5-11)27-9-8-24-15(28)10-27/h1-7H,8-10,23H2,(H,24,28)(H,25,26). The fourth-order valence-electron chi connectivity index (χ4n) is 3.11. The molecule has 7 nitrogen and oxygen atoms in total. The number of halogens is 2. The maximum atomic E-state index is 13.9. The maximum absolute atomic E-state index is 13.9. The number of rotatable bonds is 5. The molecule has 1 aliphatic rings. The molecule has 1 aliphatic heterocycles. The Hall–Kier alpha value is -3.53. The van der Waals surface area contributed by atoms with Gasteiger partial charge in [-0.25, -0.2) is 13.8 Å². The van der Waals surface area contributed by atoms with Gasteiger partial charge in [0.15, 0.2) is 5.13 Å². The first kappa shape index (κ1) is 19.8. The molecule has 0 aliphatic carbocycles. The number of carbonyl (C=O) groups excluding carboxylic acids is 2. The van der Waals surface area contributed by atoms with E-state index >= 15 is 0 Å². The third-order valence-electron chi connectivity index (χ3n) is 4.57.